The predicted molar refractivity (Wildman–Crippen MR) is 79.0 cm³/mol. The second-order valence-electron chi connectivity index (χ2n) is 4.63. The Bertz CT molecular complexity index is 871. The van der Waals surface area contributed by atoms with Gasteiger partial charge in [-0.25, -0.2) is 9.37 Å². The molecule has 3 nitrogen and oxygen atoms in total. The molecule has 0 bridgehead atoms. The molecule has 0 spiro atoms. The van der Waals surface area contributed by atoms with Gasteiger partial charge in [-0.05, 0) is 36.4 Å². The second-order valence-corrected chi connectivity index (χ2v) is 5.67. The lowest BCUT2D eigenvalue weighted by Gasteiger charge is -2.07. The summed E-state index contributed by atoms with van der Waals surface area (Å²) in [4.78, 5) is 16.0. The van der Waals surface area contributed by atoms with Crippen molar-refractivity contribution in [3.63, 3.8) is 0 Å². The number of rotatable bonds is 2. The number of alkyl halides is 3. The largest absolute Gasteiger partial charge is 0.416 e. The molecule has 0 aliphatic rings. The first kappa shape index (κ1) is 15.4. The highest BCUT2D eigenvalue weighted by atomic mass is 32.1. The van der Waals surface area contributed by atoms with Gasteiger partial charge in [-0.15, -0.1) is 0 Å². The standard InChI is InChI=1S/C15H8F4N2OS/c16-10-2-1-3-11-12(10)20-14(23-11)21-13(22)8-4-6-9(7-5-8)15(17,18)19/h1-7H,(H,20,21,22). The Morgan fingerprint density at radius 2 is 1.78 bits per heavy atom. The third-order valence-corrected chi connectivity index (χ3v) is 4.00. The van der Waals surface area contributed by atoms with E-state index in [2.05, 4.69) is 10.3 Å². The minimum Gasteiger partial charge on any atom is -0.298 e. The van der Waals surface area contributed by atoms with Crippen LogP contribution >= 0.6 is 11.3 Å². The molecule has 0 radical (unpaired) electrons. The number of hydrogen-bond donors (Lipinski definition) is 1. The second kappa shape index (κ2) is 5.62. The van der Waals surface area contributed by atoms with Crippen LogP contribution in [-0.4, -0.2) is 10.9 Å². The molecule has 0 fully saturated rings. The van der Waals surface area contributed by atoms with Gasteiger partial charge in [0.2, 0.25) is 0 Å². The predicted octanol–water partition coefficient (Wildman–Crippen LogP) is 4.71. The Morgan fingerprint density at radius 1 is 1.09 bits per heavy atom. The van der Waals surface area contributed by atoms with Crippen LogP contribution in [-0.2, 0) is 6.18 Å². The number of thiazole rings is 1. The van der Waals surface area contributed by atoms with Crippen molar-refractivity contribution in [1.29, 1.82) is 0 Å². The Hall–Kier alpha value is -2.48. The number of carbonyl (C=O) groups excluding carboxylic acids is 1. The van der Waals surface area contributed by atoms with Gasteiger partial charge in [0.05, 0.1) is 10.3 Å². The molecule has 0 saturated heterocycles. The van der Waals surface area contributed by atoms with Gasteiger partial charge in [0.25, 0.3) is 5.91 Å². The fraction of sp³-hybridized carbons (Fsp3) is 0.0667. The van der Waals surface area contributed by atoms with E-state index in [9.17, 15) is 22.4 Å². The zero-order chi connectivity index (χ0) is 16.6. The quantitative estimate of drug-likeness (QED) is 0.687. The first-order chi connectivity index (χ1) is 10.8. The molecule has 0 unspecified atom stereocenters. The first-order valence-corrected chi connectivity index (χ1v) is 7.20. The number of halogens is 4. The Labute approximate surface area is 131 Å². The van der Waals surface area contributed by atoms with E-state index in [0.717, 1.165) is 35.6 Å². The van der Waals surface area contributed by atoms with Crippen molar-refractivity contribution in [3.8, 4) is 0 Å². The maximum absolute atomic E-state index is 13.5. The third-order valence-electron chi connectivity index (χ3n) is 3.06. The number of nitrogens with one attached hydrogen (secondary N) is 1. The summed E-state index contributed by atoms with van der Waals surface area (Å²) in [6.07, 6.45) is -4.46. The van der Waals surface area contributed by atoms with Crippen LogP contribution in [0.5, 0.6) is 0 Å². The summed E-state index contributed by atoms with van der Waals surface area (Å²) in [6, 6.07) is 8.24. The van der Waals surface area contributed by atoms with Crippen LogP contribution in [0, 0.1) is 5.82 Å². The van der Waals surface area contributed by atoms with Crippen LogP contribution < -0.4 is 5.32 Å². The van der Waals surface area contributed by atoms with Gasteiger partial charge >= 0.3 is 6.18 Å². The van der Waals surface area contributed by atoms with Gasteiger partial charge in [-0.1, -0.05) is 17.4 Å². The van der Waals surface area contributed by atoms with Gasteiger partial charge in [0, 0.05) is 5.56 Å². The molecule has 0 aliphatic carbocycles. The highest BCUT2D eigenvalue weighted by Crippen LogP contribution is 2.30. The number of aromatic nitrogens is 1. The van der Waals surface area contributed by atoms with E-state index in [1.807, 2.05) is 0 Å². The summed E-state index contributed by atoms with van der Waals surface area (Å²) in [5, 5.41) is 2.63. The van der Waals surface area contributed by atoms with Crippen molar-refractivity contribution in [2.24, 2.45) is 0 Å². The van der Waals surface area contributed by atoms with E-state index in [0.29, 0.717) is 4.70 Å². The van der Waals surface area contributed by atoms with Gasteiger partial charge in [0.15, 0.2) is 5.13 Å². The topological polar surface area (TPSA) is 42.0 Å². The highest BCUT2D eigenvalue weighted by Gasteiger charge is 2.30. The van der Waals surface area contributed by atoms with Gasteiger partial charge in [-0.3, -0.25) is 10.1 Å². The average molecular weight is 340 g/mol. The van der Waals surface area contributed by atoms with E-state index < -0.39 is 23.5 Å². The monoisotopic (exact) mass is 340 g/mol. The Kier molecular flexibility index (Phi) is 3.77. The minimum atomic E-state index is -4.46. The fourth-order valence-corrected chi connectivity index (χ4v) is 2.82. The van der Waals surface area contributed by atoms with E-state index >= 15 is 0 Å². The van der Waals surface area contributed by atoms with Crippen molar-refractivity contribution in [2.75, 3.05) is 5.32 Å². The minimum absolute atomic E-state index is 0.0535. The lowest BCUT2D eigenvalue weighted by atomic mass is 10.1. The Morgan fingerprint density at radius 3 is 2.39 bits per heavy atom. The van der Waals surface area contributed by atoms with E-state index in [1.54, 1.807) is 6.07 Å². The maximum atomic E-state index is 13.5. The molecule has 1 amide bonds. The Balaban J connectivity index is 1.81. The van der Waals surface area contributed by atoms with Crippen molar-refractivity contribution >= 4 is 32.6 Å². The molecule has 1 heterocycles. The smallest absolute Gasteiger partial charge is 0.298 e. The van der Waals surface area contributed by atoms with E-state index in [1.165, 1.54) is 12.1 Å². The van der Waals surface area contributed by atoms with Crippen LogP contribution in [0.4, 0.5) is 22.7 Å². The molecule has 1 N–H and O–H groups in total. The molecular formula is C15H8F4N2OS. The fourth-order valence-electron chi connectivity index (χ4n) is 1.95. The number of benzene rings is 2. The number of carbonyl (C=O) groups is 1. The van der Waals surface area contributed by atoms with Crippen molar-refractivity contribution in [3.05, 3.63) is 59.4 Å². The summed E-state index contributed by atoms with van der Waals surface area (Å²) in [6.45, 7) is 0. The van der Waals surface area contributed by atoms with Gasteiger partial charge in [-0.2, -0.15) is 13.2 Å². The lowest BCUT2D eigenvalue weighted by molar-refractivity contribution is -0.137. The normalized spacial score (nSPS) is 11.7. The molecule has 2 aromatic carbocycles. The van der Waals surface area contributed by atoms with Crippen molar-refractivity contribution < 1.29 is 22.4 Å². The number of nitrogens with zero attached hydrogens (tertiary/aromatic N) is 1. The molecule has 8 heteroatoms. The first-order valence-electron chi connectivity index (χ1n) is 6.38. The van der Waals surface area contributed by atoms with Crippen LogP contribution in [0.3, 0.4) is 0 Å². The van der Waals surface area contributed by atoms with Gasteiger partial charge < -0.3 is 0 Å². The molecule has 118 valence electrons. The molecular weight excluding hydrogens is 332 g/mol. The molecule has 0 saturated carbocycles. The molecule has 3 aromatic rings. The molecule has 0 aliphatic heterocycles. The molecule has 3 rings (SSSR count). The SMILES string of the molecule is O=C(Nc1nc2c(F)cccc2s1)c1ccc(C(F)(F)F)cc1. The van der Waals surface area contributed by atoms with Crippen LogP contribution in [0.2, 0.25) is 0 Å². The zero-order valence-corrected chi connectivity index (χ0v) is 12.1. The van der Waals surface area contributed by atoms with E-state index in [4.69, 9.17) is 0 Å². The number of fused-ring (bicyclic) bond motifs is 1. The average Bonchev–Trinajstić information content (AvgIpc) is 2.90. The lowest BCUT2D eigenvalue weighted by Crippen LogP contribution is -2.12. The van der Waals surface area contributed by atoms with Gasteiger partial charge in [0.1, 0.15) is 11.3 Å². The third kappa shape index (κ3) is 3.16. The van der Waals surface area contributed by atoms with Crippen LogP contribution in [0.1, 0.15) is 15.9 Å². The van der Waals surface area contributed by atoms with Crippen molar-refractivity contribution in [2.45, 2.75) is 6.18 Å². The molecule has 23 heavy (non-hydrogen) atoms. The van der Waals surface area contributed by atoms with Crippen LogP contribution in [0.15, 0.2) is 42.5 Å². The summed E-state index contributed by atoms with van der Waals surface area (Å²) in [5.41, 5.74) is -0.644. The summed E-state index contributed by atoms with van der Waals surface area (Å²) >= 11 is 1.08. The van der Waals surface area contributed by atoms with Crippen LogP contribution in [0.25, 0.3) is 10.2 Å². The zero-order valence-electron chi connectivity index (χ0n) is 11.3. The number of amides is 1. The number of anilines is 1. The molecule has 0 atom stereocenters. The summed E-state index contributed by atoms with van der Waals surface area (Å²) < 4.78 is 51.5. The summed E-state index contributed by atoms with van der Waals surface area (Å²) in [7, 11) is 0. The highest BCUT2D eigenvalue weighted by molar-refractivity contribution is 7.22. The number of para-hydroxylation sites is 1. The van der Waals surface area contributed by atoms with E-state index in [-0.39, 0.29) is 16.2 Å². The molecule has 1 aromatic heterocycles. The summed E-state index contributed by atoms with van der Waals surface area (Å²) in [5.74, 6) is -1.12. The maximum Gasteiger partial charge on any atom is 0.416 e. The van der Waals surface area contributed by atoms with Crippen molar-refractivity contribution in [1.82, 2.24) is 4.98 Å². The number of hydrogen-bond acceptors (Lipinski definition) is 3.